The van der Waals surface area contributed by atoms with Gasteiger partial charge in [-0.15, -0.1) is 0 Å². The van der Waals surface area contributed by atoms with Gasteiger partial charge in [-0.2, -0.15) is 26.3 Å². The molecule has 0 radical (unpaired) electrons. The van der Waals surface area contributed by atoms with Crippen molar-refractivity contribution < 1.29 is 26.3 Å². The lowest BCUT2D eigenvalue weighted by Crippen LogP contribution is -2.11. The van der Waals surface area contributed by atoms with Gasteiger partial charge in [0.05, 0.1) is 45.3 Å². The molecule has 186 valence electrons. The topological polar surface area (TPSA) is 117 Å². The normalized spacial score (nSPS) is 12.1. The van der Waals surface area contributed by atoms with Crippen LogP contribution in [0, 0.1) is 0 Å². The number of nitrogen functional groups attached to an aromatic ring is 4. The fourth-order valence-electron chi connectivity index (χ4n) is 3.58. The van der Waals surface area contributed by atoms with E-state index in [0.29, 0.717) is 34.6 Å². The van der Waals surface area contributed by atoms with Gasteiger partial charge < -0.3 is 22.9 Å². The average molecular weight is 503 g/mol. The van der Waals surface area contributed by atoms with Crippen molar-refractivity contribution in [3.63, 3.8) is 0 Å². The minimum absolute atomic E-state index is 0.0670. The largest absolute Gasteiger partial charge is 0.416 e. The maximum absolute atomic E-state index is 13.5. The SMILES string of the molecule is Nc1ccc(-c2cc(-c3cc(C(F)(F)F)cc(C(F)(F)F)c3)cc(-c3ccc(N)c(N)c3)n2)cc1N. The van der Waals surface area contributed by atoms with Crippen molar-refractivity contribution in [2.24, 2.45) is 0 Å². The Balaban J connectivity index is 2.00. The van der Waals surface area contributed by atoms with E-state index in [1.165, 1.54) is 36.4 Å². The molecule has 4 aromatic rings. The molecule has 0 aliphatic rings. The first kappa shape index (κ1) is 24.7. The first-order valence-corrected chi connectivity index (χ1v) is 10.3. The van der Waals surface area contributed by atoms with Crippen molar-refractivity contribution in [1.82, 2.24) is 4.98 Å². The maximum Gasteiger partial charge on any atom is 0.416 e. The van der Waals surface area contributed by atoms with Crippen molar-refractivity contribution in [2.45, 2.75) is 12.4 Å². The van der Waals surface area contributed by atoms with Crippen LogP contribution in [0.1, 0.15) is 11.1 Å². The van der Waals surface area contributed by atoms with Crippen LogP contribution in [0.2, 0.25) is 0 Å². The highest BCUT2D eigenvalue weighted by Gasteiger charge is 2.37. The summed E-state index contributed by atoms with van der Waals surface area (Å²) in [5, 5.41) is 0. The van der Waals surface area contributed by atoms with Gasteiger partial charge in [-0.1, -0.05) is 12.1 Å². The molecule has 4 rings (SSSR count). The fraction of sp³-hybridized carbons (Fsp3) is 0.0800. The van der Waals surface area contributed by atoms with Gasteiger partial charge >= 0.3 is 12.4 Å². The Hall–Kier alpha value is -4.41. The third kappa shape index (κ3) is 4.99. The van der Waals surface area contributed by atoms with Crippen molar-refractivity contribution >= 4 is 22.7 Å². The van der Waals surface area contributed by atoms with E-state index in [1.54, 1.807) is 12.1 Å². The molecular formula is C25H19F6N5. The Morgan fingerprint density at radius 1 is 0.444 bits per heavy atom. The number of aromatic nitrogens is 1. The molecule has 1 heterocycles. The van der Waals surface area contributed by atoms with Crippen LogP contribution in [-0.2, 0) is 12.4 Å². The summed E-state index contributed by atoms with van der Waals surface area (Å²) in [6, 6.07) is 13.4. The van der Waals surface area contributed by atoms with E-state index in [2.05, 4.69) is 4.98 Å². The second-order valence-corrected chi connectivity index (χ2v) is 8.11. The van der Waals surface area contributed by atoms with Crippen molar-refractivity contribution in [3.8, 4) is 33.6 Å². The molecule has 11 heteroatoms. The van der Waals surface area contributed by atoms with E-state index in [9.17, 15) is 26.3 Å². The van der Waals surface area contributed by atoms with Crippen molar-refractivity contribution in [2.75, 3.05) is 22.9 Å². The molecule has 0 atom stereocenters. The number of anilines is 4. The van der Waals surface area contributed by atoms with Gasteiger partial charge in [0.2, 0.25) is 0 Å². The number of hydrogen-bond donors (Lipinski definition) is 4. The second kappa shape index (κ2) is 8.67. The summed E-state index contributed by atoms with van der Waals surface area (Å²) in [5.74, 6) is 0. The van der Waals surface area contributed by atoms with Crippen LogP contribution in [0.5, 0.6) is 0 Å². The first-order valence-electron chi connectivity index (χ1n) is 10.3. The lowest BCUT2D eigenvalue weighted by atomic mass is 9.96. The average Bonchev–Trinajstić information content (AvgIpc) is 2.81. The van der Waals surface area contributed by atoms with Gasteiger partial charge in [0, 0.05) is 11.1 Å². The Kier molecular flexibility index (Phi) is 5.95. The van der Waals surface area contributed by atoms with Crippen molar-refractivity contribution in [1.29, 1.82) is 0 Å². The van der Waals surface area contributed by atoms with Crippen LogP contribution in [0.4, 0.5) is 49.1 Å². The lowest BCUT2D eigenvalue weighted by molar-refractivity contribution is -0.143. The van der Waals surface area contributed by atoms with Crippen LogP contribution in [-0.4, -0.2) is 4.98 Å². The van der Waals surface area contributed by atoms with E-state index in [4.69, 9.17) is 22.9 Å². The lowest BCUT2D eigenvalue weighted by Gasteiger charge is -2.16. The molecule has 0 saturated carbocycles. The van der Waals surface area contributed by atoms with E-state index in [-0.39, 0.29) is 40.0 Å². The predicted molar refractivity (Wildman–Crippen MR) is 128 cm³/mol. The summed E-state index contributed by atoms with van der Waals surface area (Å²) in [6.45, 7) is 0. The van der Waals surface area contributed by atoms with Gasteiger partial charge in [0.25, 0.3) is 0 Å². The summed E-state index contributed by atoms with van der Waals surface area (Å²) in [6.07, 6.45) is -9.99. The number of pyridine rings is 1. The molecular weight excluding hydrogens is 484 g/mol. The molecule has 0 aliphatic carbocycles. The van der Waals surface area contributed by atoms with Crippen LogP contribution < -0.4 is 22.9 Å². The molecule has 5 nitrogen and oxygen atoms in total. The third-order valence-corrected chi connectivity index (χ3v) is 5.51. The zero-order valence-corrected chi connectivity index (χ0v) is 18.4. The second-order valence-electron chi connectivity index (χ2n) is 8.11. The number of nitrogens with zero attached hydrogens (tertiary/aromatic N) is 1. The smallest absolute Gasteiger partial charge is 0.397 e. The highest BCUT2D eigenvalue weighted by molar-refractivity contribution is 5.81. The number of benzene rings is 3. The summed E-state index contributed by atoms with van der Waals surface area (Å²) < 4.78 is 80.8. The zero-order valence-electron chi connectivity index (χ0n) is 18.4. The highest BCUT2D eigenvalue weighted by atomic mass is 19.4. The third-order valence-electron chi connectivity index (χ3n) is 5.51. The molecule has 0 amide bonds. The number of rotatable bonds is 3. The summed E-state index contributed by atoms with van der Waals surface area (Å²) in [5.41, 5.74) is 22.7. The molecule has 0 aliphatic heterocycles. The molecule has 0 saturated heterocycles. The Bertz CT molecular complexity index is 1360. The van der Waals surface area contributed by atoms with E-state index in [0.717, 1.165) is 0 Å². The number of hydrogen-bond acceptors (Lipinski definition) is 5. The van der Waals surface area contributed by atoms with Gasteiger partial charge in [-0.05, 0) is 65.7 Å². The van der Waals surface area contributed by atoms with Crippen molar-refractivity contribution in [3.05, 3.63) is 77.9 Å². The van der Waals surface area contributed by atoms with E-state index < -0.39 is 23.5 Å². The number of halogens is 6. The number of nitrogens with two attached hydrogens (primary N) is 4. The van der Waals surface area contributed by atoms with Crippen LogP contribution in [0.25, 0.3) is 33.6 Å². The molecule has 36 heavy (non-hydrogen) atoms. The Labute approximate surface area is 201 Å². The summed E-state index contributed by atoms with van der Waals surface area (Å²) in [4.78, 5) is 4.55. The van der Waals surface area contributed by atoms with E-state index in [1.807, 2.05) is 0 Å². The van der Waals surface area contributed by atoms with Gasteiger partial charge in [0.15, 0.2) is 0 Å². The van der Waals surface area contributed by atoms with Crippen LogP contribution in [0.3, 0.4) is 0 Å². The molecule has 0 spiro atoms. The Morgan fingerprint density at radius 2 is 0.833 bits per heavy atom. The first-order chi connectivity index (χ1) is 16.7. The molecule has 0 fully saturated rings. The number of alkyl halides is 6. The summed E-state index contributed by atoms with van der Waals surface area (Å²) in [7, 11) is 0. The monoisotopic (exact) mass is 503 g/mol. The quantitative estimate of drug-likeness (QED) is 0.189. The molecule has 0 unspecified atom stereocenters. The molecule has 0 bridgehead atoms. The van der Waals surface area contributed by atoms with Crippen LogP contribution >= 0.6 is 0 Å². The summed E-state index contributed by atoms with van der Waals surface area (Å²) >= 11 is 0. The van der Waals surface area contributed by atoms with Gasteiger partial charge in [-0.25, -0.2) is 4.98 Å². The zero-order chi connectivity index (χ0) is 26.4. The van der Waals surface area contributed by atoms with E-state index >= 15 is 0 Å². The maximum atomic E-state index is 13.5. The highest BCUT2D eigenvalue weighted by Crippen LogP contribution is 2.40. The van der Waals surface area contributed by atoms with Gasteiger partial charge in [0.1, 0.15) is 0 Å². The molecule has 1 aromatic heterocycles. The van der Waals surface area contributed by atoms with Gasteiger partial charge in [-0.3, -0.25) is 0 Å². The minimum atomic E-state index is -4.99. The predicted octanol–water partition coefficient (Wildman–Crippen LogP) is 6.45. The standard InChI is InChI=1S/C25H19F6N5/c26-24(27,28)16-5-14(6-17(11-16)25(29,30)31)15-9-22(12-1-3-18(32)20(34)7-12)36-23(10-15)13-2-4-19(33)21(35)8-13/h1-11H,32-35H2. The molecule has 8 N–H and O–H groups in total. The Morgan fingerprint density at radius 3 is 1.19 bits per heavy atom. The van der Waals surface area contributed by atoms with Crippen LogP contribution in [0.15, 0.2) is 66.7 Å². The fourth-order valence-corrected chi connectivity index (χ4v) is 3.58. The minimum Gasteiger partial charge on any atom is -0.397 e. The molecule has 3 aromatic carbocycles.